The van der Waals surface area contributed by atoms with E-state index < -0.39 is 0 Å². The van der Waals surface area contributed by atoms with Crippen LogP contribution in [0, 0.1) is 0 Å². The quantitative estimate of drug-likeness (QED) is 0.586. The van der Waals surface area contributed by atoms with Gasteiger partial charge in [0.15, 0.2) is 0 Å². The lowest BCUT2D eigenvalue weighted by Crippen LogP contribution is -2.23. The second-order valence-electron chi connectivity index (χ2n) is 5.72. The summed E-state index contributed by atoms with van der Waals surface area (Å²) in [5.74, 6) is 1.35. The van der Waals surface area contributed by atoms with Crippen molar-refractivity contribution < 1.29 is 4.74 Å². The molecule has 0 N–H and O–H groups in total. The molecule has 3 aliphatic rings. The van der Waals surface area contributed by atoms with Crippen molar-refractivity contribution in [3.05, 3.63) is 35.4 Å². The number of epoxide rings is 1. The Kier molecular flexibility index (Phi) is 1.19. The fourth-order valence-electron chi connectivity index (χ4n) is 4.30. The molecule has 3 atom stereocenters. The zero-order chi connectivity index (χ0) is 10.3. The van der Waals surface area contributed by atoms with Gasteiger partial charge in [0.2, 0.25) is 0 Å². The predicted octanol–water partition coefficient (Wildman–Crippen LogP) is 3.21. The van der Waals surface area contributed by atoms with E-state index in [0.29, 0.717) is 11.8 Å². The van der Waals surface area contributed by atoms with Gasteiger partial charge in [-0.3, -0.25) is 0 Å². The number of ether oxygens (including phenoxy) is 1. The molecular formula is C14H16O. The van der Waals surface area contributed by atoms with Gasteiger partial charge in [-0.15, -0.1) is 0 Å². The van der Waals surface area contributed by atoms with Crippen molar-refractivity contribution in [1.29, 1.82) is 0 Å². The Labute approximate surface area is 90.4 Å². The predicted molar refractivity (Wildman–Crippen MR) is 59.1 cm³/mol. The van der Waals surface area contributed by atoms with E-state index in [1.54, 1.807) is 11.1 Å². The van der Waals surface area contributed by atoms with Gasteiger partial charge in [-0.05, 0) is 37.8 Å². The Balaban J connectivity index is 1.94. The normalized spacial score (nSPS) is 43.3. The molecule has 2 bridgehead atoms. The molecule has 15 heavy (non-hydrogen) atoms. The monoisotopic (exact) mass is 200 g/mol. The molecule has 1 spiro atoms. The molecule has 1 aromatic rings. The van der Waals surface area contributed by atoms with Crippen LogP contribution in [-0.4, -0.2) is 11.2 Å². The van der Waals surface area contributed by atoms with Crippen molar-refractivity contribution in [1.82, 2.24) is 0 Å². The maximum absolute atomic E-state index is 6.12. The molecule has 0 aromatic heterocycles. The van der Waals surface area contributed by atoms with Crippen LogP contribution in [0.4, 0.5) is 0 Å². The largest absolute Gasteiger partial charge is 0.362 e. The van der Waals surface area contributed by atoms with Gasteiger partial charge in [-0.25, -0.2) is 0 Å². The van der Waals surface area contributed by atoms with Crippen LogP contribution >= 0.6 is 0 Å². The lowest BCUT2D eigenvalue weighted by atomic mass is 9.84. The molecule has 1 heteroatoms. The van der Waals surface area contributed by atoms with Crippen LogP contribution in [0.15, 0.2) is 24.3 Å². The average molecular weight is 200 g/mol. The zero-order valence-corrected chi connectivity index (χ0v) is 9.29. The van der Waals surface area contributed by atoms with Gasteiger partial charge in [0.05, 0.1) is 5.60 Å². The van der Waals surface area contributed by atoms with Gasteiger partial charge in [-0.2, -0.15) is 0 Å². The Hall–Kier alpha value is -0.820. The molecule has 2 aliphatic carbocycles. The summed E-state index contributed by atoms with van der Waals surface area (Å²) in [6.45, 7) is 4.51. The summed E-state index contributed by atoms with van der Waals surface area (Å²) in [4.78, 5) is 0. The van der Waals surface area contributed by atoms with Crippen LogP contribution in [0.1, 0.15) is 49.7 Å². The second kappa shape index (κ2) is 2.15. The minimum Gasteiger partial charge on any atom is -0.362 e. The van der Waals surface area contributed by atoms with Gasteiger partial charge in [0.25, 0.3) is 0 Å². The first-order valence-corrected chi connectivity index (χ1v) is 5.96. The van der Waals surface area contributed by atoms with Gasteiger partial charge >= 0.3 is 0 Å². The molecule has 1 saturated heterocycles. The maximum Gasteiger partial charge on any atom is 0.111 e. The topological polar surface area (TPSA) is 12.5 Å². The van der Waals surface area contributed by atoms with E-state index in [1.807, 2.05) is 0 Å². The van der Waals surface area contributed by atoms with Crippen molar-refractivity contribution in [2.24, 2.45) is 0 Å². The Morgan fingerprint density at radius 3 is 1.93 bits per heavy atom. The summed E-state index contributed by atoms with van der Waals surface area (Å²) in [5, 5.41) is 0. The van der Waals surface area contributed by atoms with Gasteiger partial charge in [0.1, 0.15) is 5.60 Å². The minimum absolute atomic E-state index is 0.109. The molecule has 78 valence electrons. The lowest BCUT2D eigenvalue weighted by Gasteiger charge is -2.13. The van der Waals surface area contributed by atoms with Crippen molar-refractivity contribution in [2.75, 3.05) is 0 Å². The van der Waals surface area contributed by atoms with E-state index in [0.717, 1.165) is 0 Å². The van der Waals surface area contributed by atoms with E-state index in [9.17, 15) is 0 Å². The van der Waals surface area contributed by atoms with Crippen molar-refractivity contribution in [2.45, 2.75) is 49.7 Å². The molecule has 2 fully saturated rings. The van der Waals surface area contributed by atoms with E-state index >= 15 is 0 Å². The molecule has 0 amide bonds. The first-order chi connectivity index (χ1) is 7.17. The third-order valence-corrected chi connectivity index (χ3v) is 4.85. The number of benzene rings is 1. The van der Waals surface area contributed by atoms with Crippen LogP contribution in [0.3, 0.4) is 0 Å². The smallest absolute Gasteiger partial charge is 0.111 e. The van der Waals surface area contributed by atoms with Crippen molar-refractivity contribution in [3.63, 3.8) is 0 Å². The van der Waals surface area contributed by atoms with Gasteiger partial charge in [0, 0.05) is 11.8 Å². The molecule has 0 radical (unpaired) electrons. The standard InChI is InChI=1S/C14H16O/c1-13(2)14(15-13)11-7-8-12(14)10-6-4-3-5-9(10)11/h3-6,11-12H,7-8H2,1-2H3/t11-,12+,14?. The van der Waals surface area contributed by atoms with Gasteiger partial charge in [-0.1, -0.05) is 24.3 Å². The third kappa shape index (κ3) is 0.710. The lowest BCUT2D eigenvalue weighted by molar-refractivity contribution is 0.260. The summed E-state index contributed by atoms with van der Waals surface area (Å²) in [7, 11) is 0. The molecular weight excluding hydrogens is 184 g/mol. The summed E-state index contributed by atoms with van der Waals surface area (Å²) in [6.07, 6.45) is 2.65. The highest BCUT2D eigenvalue weighted by molar-refractivity contribution is 5.51. The first-order valence-electron chi connectivity index (χ1n) is 5.96. The maximum atomic E-state index is 6.12. The van der Waals surface area contributed by atoms with Crippen LogP contribution < -0.4 is 0 Å². The van der Waals surface area contributed by atoms with Crippen LogP contribution in [0.2, 0.25) is 0 Å². The highest BCUT2D eigenvalue weighted by atomic mass is 16.6. The van der Waals surface area contributed by atoms with Crippen molar-refractivity contribution in [3.8, 4) is 0 Å². The van der Waals surface area contributed by atoms with E-state index in [2.05, 4.69) is 38.1 Å². The summed E-state index contributed by atoms with van der Waals surface area (Å²) < 4.78 is 6.12. The zero-order valence-electron chi connectivity index (χ0n) is 9.29. The average Bonchev–Trinajstić information content (AvgIpc) is 2.57. The third-order valence-electron chi connectivity index (χ3n) is 4.85. The summed E-state index contributed by atoms with van der Waals surface area (Å²) >= 11 is 0. The van der Waals surface area contributed by atoms with Crippen LogP contribution in [-0.2, 0) is 4.74 Å². The Bertz CT molecular complexity index is 415. The molecule has 1 nitrogen and oxygen atoms in total. The van der Waals surface area contributed by atoms with Gasteiger partial charge < -0.3 is 4.74 Å². The first kappa shape index (κ1) is 8.35. The molecule has 1 saturated carbocycles. The SMILES string of the molecule is CC1(C)OC12[C@@H]1CC[C@H]2c2ccccc21. The molecule has 1 aliphatic heterocycles. The van der Waals surface area contributed by atoms with E-state index in [1.165, 1.54) is 12.8 Å². The highest BCUT2D eigenvalue weighted by Crippen LogP contribution is 2.73. The molecule has 1 aromatic carbocycles. The minimum atomic E-state index is 0.109. The number of hydrogen-bond donors (Lipinski definition) is 0. The van der Waals surface area contributed by atoms with E-state index in [-0.39, 0.29) is 11.2 Å². The second-order valence-corrected chi connectivity index (χ2v) is 5.72. The molecule has 1 unspecified atom stereocenters. The highest BCUT2D eigenvalue weighted by Gasteiger charge is 2.76. The summed E-state index contributed by atoms with van der Waals surface area (Å²) in [5.41, 5.74) is 3.42. The molecule has 1 heterocycles. The Morgan fingerprint density at radius 1 is 1.07 bits per heavy atom. The number of fused-ring (bicyclic) bond motifs is 3. The number of rotatable bonds is 0. The van der Waals surface area contributed by atoms with Crippen molar-refractivity contribution >= 4 is 0 Å². The van der Waals surface area contributed by atoms with E-state index in [4.69, 9.17) is 4.74 Å². The fraction of sp³-hybridized carbons (Fsp3) is 0.571. The van der Waals surface area contributed by atoms with Crippen LogP contribution in [0.5, 0.6) is 0 Å². The molecule has 4 rings (SSSR count). The fourth-order valence-corrected chi connectivity index (χ4v) is 4.30. The van der Waals surface area contributed by atoms with Crippen LogP contribution in [0.25, 0.3) is 0 Å². The Morgan fingerprint density at radius 2 is 1.53 bits per heavy atom. The summed E-state index contributed by atoms with van der Waals surface area (Å²) in [6, 6.07) is 8.95. The number of hydrogen-bond acceptors (Lipinski definition) is 1.